The summed E-state index contributed by atoms with van der Waals surface area (Å²) < 4.78 is 11.6. The smallest absolute Gasteiger partial charge is 0.223 e. The van der Waals surface area contributed by atoms with Crippen LogP contribution >= 0.6 is 0 Å². The van der Waals surface area contributed by atoms with Crippen molar-refractivity contribution in [2.45, 2.75) is 78.2 Å². The summed E-state index contributed by atoms with van der Waals surface area (Å²) >= 11 is 0. The summed E-state index contributed by atoms with van der Waals surface area (Å²) in [4.78, 5) is 14.3. The van der Waals surface area contributed by atoms with Gasteiger partial charge in [0.15, 0.2) is 6.29 Å². The van der Waals surface area contributed by atoms with Crippen molar-refractivity contribution in [3.8, 4) is 0 Å². The Morgan fingerprint density at radius 1 is 1.35 bits per heavy atom. The molecular formula is C16H29NO3. The normalized spacial score (nSPS) is 31.6. The van der Waals surface area contributed by atoms with Gasteiger partial charge in [-0.15, -0.1) is 0 Å². The molecule has 2 fully saturated rings. The fraction of sp³-hybridized carbons (Fsp3) is 0.938. The first-order chi connectivity index (χ1) is 9.35. The van der Waals surface area contributed by atoms with Crippen molar-refractivity contribution in [2.75, 3.05) is 13.2 Å². The summed E-state index contributed by atoms with van der Waals surface area (Å²) in [7, 11) is 0. The zero-order valence-electron chi connectivity index (χ0n) is 13.4. The van der Waals surface area contributed by atoms with Gasteiger partial charge in [0.25, 0.3) is 0 Å². The van der Waals surface area contributed by atoms with Gasteiger partial charge in [-0.05, 0) is 38.0 Å². The monoisotopic (exact) mass is 283 g/mol. The lowest BCUT2D eigenvalue weighted by molar-refractivity contribution is -0.185. The SMILES string of the molecule is C[C@@H]1C[C@H](OC2CCCCO2)CN1C(=O)CC(C)(C)C. The predicted molar refractivity (Wildman–Crippen MR) is 78.3 cm³/mol. The van der Waals surface area contributed by atoms with E-state index in [0.717, 1.165) is 32.4 Å². The van der Waals surface area contributed by atoms with Gasteiger partial charge in [0.2, 0.25) is 5.91 Å². The number of rotatable bonds is 3. The van der Waals surface area contributed by atoms with Gasteiger partial charge in [0, 0.05) is 25.6 Å². The molecule has 2 aliphatic heterocycles. The predicted octanol–water partition coefficient (Wildman–Crippen LogP) is 2.96. The largest absolute Gasteiger partial charge is 0.353 e. The van der Waals surface area contributed by atoms with Gasteiger partial charge in [0.05, 0.1) is 6.10 Å². The van der Waals surface area contributed by atoms with Crippen molar-refractivity contribution in [1.82, 2.24) is 4.90 Å². The molecule has 0 saturated carbocycles. The molecule has 0 spiro atoms. The van der Waals surface area contributed by atoms with E-state index >= 15 is 0 Å². The minimum absolute atomic E-state index is 0.0439. The van der Waals surface area contributed by atoms with E-state index in [0.29, 0.717) is 6.42 Å². The molecule has 0 aromatic heterocycles. The number of carbonyl (C=O) groups excluding carboxylic acids is 1. The molecule has 2 aliphatic rings. The third-order valence-electron chi connectivity index (χ3n) is 4.02. The third-order valence-corrected chi connectivity index (χ3v) is 4.02. The first kappa shape index (κ1) is 15.8. The van der Waals surface area contributed by atoms with Crippen LogP contribution in [0.5, 0.6) is 0 Å². The fourth-order valence-electron chi connectivity index (χ4n) is 3.02. The van der Waals surface area contributed by atoms with E-state index in [2.05, 4.69) is 27.7 Å². The highest BCUT2D eigenvalue weighted by atomic mass is 16.7. The highest BCUT2D eigenvalue weighted by Crippen LogP contribution is 2.27. The molecule has 0 N–H and O–H groups in total. The third kappa shape index (κ3) is 4.45. The molecule has 4 heteroatoms. The molecule has 0 aromatic carbocycles. The minimum Gasteiger partial charge on any atom is -0.353 e. The number of hydrogen-bond acceptors (Lipinski definition) is 3. The van der Waals surface area contributed by atoms with Crippen LogP contribution in [0.15, 0.2) is 0 Å². The molecule has 0 bridgehead atoms. The van der Waals surface area contributed by atoms with Crippen LogP contribution < -0.4 is 0 Å². The van der Waals surface area contributed by atoms with Crippen LogP contribution in [0.25, 0.3) is 0 Å². The van der Waals surface area contributed by atoms with Crippen LogP contribution in [0, 0.1) is 5.41 Å². The van der Waals surface area contributed by atoms with Crippen molar-refractivity contribution in [3.63, 3.8) is 0 Å². The van der Waals surface area contributed by atoms with Crippen LogP contribution in [-0.4, -0.2) is 42.4 Å². The first-order valence-corrected chi connectivity index (χ1v) is 7.92. The summed E-state index contributed by atoms with van der Waals surface area (Å²) in [6, 6.07) is 0.276. The molecule has 20 heavy (non-hydrogen) atoms. The zero-order valence-corrected chi connectivity index (χ0v) is 13.4. The Kier molecular flexibility index (Phi) is 5.08. The zero-order chi connectivity index (χ0) is 14.8. The maximum Gasteiger partial charge on any atom is 0.223 e. The Bertz CT molecular complexity index is 331. The maximum absolute atomic E-state index is 12.3. The molecule has 1 unspecified atom stereocenters. The van der Waals surface area contributed by atoms with Gasteiger partial charge in [0.1, 0.15) is 0 Å². The Morgan fingerprint density at radius 3 is 2.70 bits per heavy atom. The van der Waals surface area contributed by atoms with E-state index < -0.39 is 0 Å². The second kappa shape index (κ2) is 6.44. The van der Waals surface area contributed by atoms with E-state index in [9.17, 15) is 4.79 Å². The van der Waals surface area contributed by atoms with Crippen LogP contribution in [0.1, 0.15) is 59.8 Å². The summed E-state index contributed by atoms with van der Waals surface area (Å²) in [5.41, 5.74) is 0.0439. The van der Waals surface area contributed by atoms with E-state index in [1.54, 1.807) is 0 Å². The quantitative estimate of drug-likeness (QED) is 0.799. The topological polar surface area (TPSA) is 38.8 Å². The number of carbonyl (C=O) groups is 1. The standard InChI is InChI=1S/C16H29NO3/c1-12-9-13(20-15-7-5-6-8-19-15)11-17(12)14(18)10-16(2,3)4/h12-13,15H,5-11H2,1-4H3/t12-,13+,15?/m1/s1. The Hall–Kier alpha value is -0.610. The van der Waals surface area contributed by atoms with Gasteiger partial charge < -0.3 is 14.4 Å². The number of ether oxygens (including phenoxy) is 2. The van der Waals surface area contributed by atoms with E-state index in [1.807, 2.05) is 4.90 Å². The highest BCUT2D eigenvalue weighted by Gasteiger charge is 2.35. The van der Waals surface area contributed by atoms with Gasteiger partial charge in [-0.3, -0.25) is 4.79 Å². The lowest BCUT2D eigenvalue weighted by Crippen LogP contribution is -2.37. The van der Waals surface area contributed by atoms with E-state index in [-0.39, 0.29) is 29.8 Å². The lowest BCUT2D eigenvalue weighted by Gasteiger charge is -2.27. The van der Waals surface area contributed by atoms with Crippen molar-refractivity contribution in [1.29, 1.82) is 0 Å². The molecule has 0 aromatic rings. The second-order valence-corrected chi connectivity index (χ2v) is 7.42. The van der Waals surface area contributed by atoms with E-state index in [4.69, 9.17) is 9.47 Å². The Morgan fingerprint density at radius 2 is 2.10 bits per heavy atom. The molecule has 4 nitrogen and oxygen atoms in total. The number of amides is 1. The van der Waals surface area contributed by atoms with Gasteiger partial charge in [-0.25, -0.2) is 0 Å². The maximum atomic E-state index is 12.3. The summed E-state index contributed by atoms with van der Waals surface area (Å²) in [5, 5.41) is 0. The summed E-state index contributed by atoms with van der Waals surface area (Å²) in [6.45, 7) is 9.96. The lowest BCUT2D eigenvalue weighted by atomic mass is 9.91. The summed E-state index contributed by atoms with van der Waals surface area (Å²) in [6.07, 6.45) is 4.91. The molecule has 116 valence electrons. The van der Waals surface area contributed by atoms with Crippen molar-refractivity contribution in [3.05, 3.63) is 0 Å². The Labute approximate surface area is 122 Å². The molecule has 3 atom stereocenters. The van der Waals surface area contributed by atoms with Gasteiger partial charge >= 0.3 is 0 Å². The summed E-state index contributed by atoms with van der Waals surface area (Å²) in [5.74, 6) is 0.251. The van der Waals surface area contributed by atoms with Gasteiger partial charge in [-0.1, -0.05) is 20.8 Å². The van der Waals surface area contributed by atoms with Crippen LogP contribution in [0.3, 0.4) is 0 Å². The van der Waals surface area contributed by atoms with Crippen molar-refractivity contribution < 1.29 is 14.3 Å². The molecular weight excluding hydrogens is 254 g/mol. The number of nitrogens with zero attached hydrogens (tertiary/aromatic N) is 1. The van der Waals surface area contributed by atoms with Crippen LogP contribution in [-0.2, 0) is 14.3 Å². The molecule has 1 amide bonds. The molecule has 2 saturated heterocycles. The van der Waals surface area contributed by atoms with E-state index in [1.165, 1.54) is 6.42 Å². The number of hydrogen-bond donors (Lipinski definition) is 0. The molecule has 0 aliphatic carbocycles. The highest BCUT2D eigenvalue weighted by molar-refractivity contribution is 5.77. The van der Waals surface area contributed by atoms with Crippen molar-refractivity contribution >= 4 is 5.91 Å². The second-order valence-electron chi connectivity index (χ2n) is 7.42. The minimum atomic E-state index is -0.0568. The molecule has 2 rings (SSSR count). The fourth-order valence-corrected chi connectivity index (χ4v) is 3.02. The van der Waals surface area contributed by atoms with Gasteiger partial charge in [-0.2, -0.15) is 0 Å². The van der Waals surface area contributed by atoms with Crippen LogP contribution in [0.2, 0.25) is 0 Å². The number of likely N-dealkylation sites (tertiary alicyclic amines) is 1. The average molecular weight is 283 g/mol. The molecule has 0 radical (unpaired) electrons. The van der Waals surface area contributed by atoms with Crippen molar-refractivity contribution in [2.24, 2.45) is 5.41 Å². The Balaban J connectivity index is 1.83. The molecule has 2 heterocycles. The van der Waals surface area contributed by atoms with Crippen LogP contribution in [0.4, 0.5) is 0 Å². The first-order valence-electron chi connectivity index (χ1n) is 7.92. The average Bonchev–Trinajstić information content (AvgIpc) is 2.69.